The number of ether oxygens (including phenoxy) is 1. The fourth-order valence-corrected chi connectivity index (χ4v) is 3.27. The number of thioether (sulfide) groups is 1. The van der Waals surface area contributed by atoms with Crippen LogP contribution in [-0.4, -0.2) is 28.1 Å². The summed E-state index contributed by atoms with van der Waals surface area (Å²) in [5.41, 5.74) is 0.944. The molecule has 1 aliphatic heterocycles. The first-order valence-corrected chi connectivity index (χ1v) is 7.84. The van der Waals surface area contributed by atoms with Gasteiger partial charge in [0, 0.05) is 11.5 Å². The molecule has 0 spiro atoms. The quantitative estimate of drug-likeness (QED) is 0.769. The van der Waals surface area contributed by atoms with Crippen molar-refractivity contribution in [1.82, 2.24) is 9.97 Å². The minimum atomic E-state index is -0.0307. The molecule has 1 aliphatic rings. The summed E-state index contributed by atoms with van der Waals surface area (Å²) in [6.45, 7) is 4.93. The zero-order valence-corrected chi connectivity index (χ0v) is 12.9. The van der Waals surface area contributed by atoms with Crippen LogP contribution >= 0.6 is 39.3 Å². The van der Waals surface area contributed by atoms with Gasteiger partial charge < -0.3 is 4.74 Å². The van der Waals surface area contributed by atoms with Gasteiger partial charge in [-0.2, -0.15) is 11.8 Å². The van der Waals surface area contributed by atoms with E-state index in [1.54, 1.807) is 0 Å². The molecule has 1 aromatic rings. The predicted octanol–water partition coefficient (Wildman–Crippen LogP) is 3.82. The normalized spacial score (nSPS) is 20.9. The number of rotatable bonds is 2. The van der Waals surface area contributed by atoms with Gasteiger partial charge in [-0.25, -0.2) is 9.97 Å². The molecule has 0 amide bonds. The van der Waals surface area contributed by atoms with Crippen LogP contribution in [0.4, 0.5) is 0 Å². The number of halogens is 2. The molecule has 0 radical (unpaired) electrons. The van der Waals surface area contributed by atoms with Crippen molar-refractivity contribution in [3.8, 4) is 0 Å². The molecule has 0 N–H and O–H groups in total. The predicted molar refractivity (Wildman–Crippen MR) is 74.8 cm³/mol. The van der Waals surface area contributed by atoms with Crippen molar-refractivity contribution >= 4 is 39.3 Å². The van der Waals surface area contributed by atoms with Crippen molar-refractivity contribution in [2.75, 3.05) is 18.1 Å². The summed E-state index contributed by atoms with van der Waals surface area (Å²) in [7, 11) is 0. The van der Waals surface area contributed by atoms with E-state index in [1.807, 2.05) is 11.8 Å². The number of aromatic nitrogens is 2. The van der Waals surface area contributed by atoms with Crippen molar-refractivity contribution in [2.45, 2.75) is 25.9 Å². The standard InChI is InChI=1S/C11H14BrClN2OS/c1-6(2)9-8(12)10(13)15-11(14-9)7-5-17-4-3-16-7/h6-7H,3-5H2,1-2H3. The van der Waals surface area contributed by atoms with E-state index in [9.17, 15) is 0 Å². The van der Waals surface area contributed by atoms with Gasteiger partial charge in [0.25, 0.3) is 0 Å². The number of hydrogen-bond donors (Lipinski definition) is 0. The largest absolute Gasteiger partial charge is 0.368 e. The molecule has 0 aromatic carbocycles. The van der Waals surface area contributed by atoms with E-state index in [2.05, 4.69) is 39.7 Å². The summed E-state index contributed by atoms with van der Waals surface area (Å²) < 4.78 is 6.47. The summed E-state index contributed by atoms with van der Waals surface area (Å²) in [4.78, 5) is 8.88. The van der Waals surface area contributed by atoms with Gasteiger partial charge in [-0.1, -0.05) is 25.4 Å². The second-order valence-corrected chi connectivity index (χ2v) is 6.46. The first-order valence-electron chi connectivity index (χ1n) is 5.51. The molecular formula is C11H14BrClN2OS. The fraction of sp³-hybridized carbons (Fsp3) is 0.636. The Morgan fingerprint density at radius 3 is 2.82 bits per heavy atom. The highest BCUT2D eigenvalue weighted by molar-refractivity contribution is 9.10. The highest BCUT2D eigenvalue weighted by Crippen LogP contribution is 2.32. The summed E-state index contributed by atoms with van der Waals surface area (Å²) >= 11 is 11.4. The Morgan fingerprint density at radius 2 is 2.24 bits per heavy atom. The van der Waals surface area contributed by atoms with Gasteiger partial charge in [0.2, 0.25) is 0 Å². The molecule has 0 bridgehead atoms. The molecule has 17 heavy (non-hydrogen) atoms. The second kappa shape index (κ2) is 5.87. The zero-order valence-electron chi connectivity index (χ0n) is 9.74. The summed E-state index contributed by atoms with van der Waals surface area (Å²) in [5, 5.41) is 0.470. The molecule has 6 heteroatoms. The molecule has 0 aliphatic carbocycles. The first-order chi connectivity index (χ1) is 8.09. The van der Waals surface area contributed by atoms with E-state index >= 15 is 0 Å². The second-order valence-electron chi connectivity index (χ2n) is 4.16. The Labute approximate surface area is 119 Å². The van der Waals surface area contributed by atoms with Gasteiger partial charge in [0.15, 0.2) is 5.82 Å². The highest BCUT2D eigenvalue weighted by atomic mass is 79.9. The maximum atomic E-state index is 6.12. The van der Waals surface area contributed by atoms with Gasteiger partial charge in [-0.15, -0.1) is 0 Å². The monoisotopic (exact) mass is 336 g/mol. The molecule has 2 rings (SSSR count). The Balaban J connectivity index is 2.34. The SMILES string of the molecule is CC(C)c1nc(C2CSCCO2)nc(Cl)c1Br. The fourth-order valence-electron chi connectivity index (χ4n) is 1.62. The van der Waals surface area contributed by atoms with Gasteiger partial charge in [0.05, 0.1) is 16.8 Å². The van der Waals surface area contributed by atoms with Gasteiger partial charge >= 0.3 is 0 Å². The molecule has 2 heterocycles. The van der Waals surface area contributed by atoms with Crippen molar-refractivity contribution in [3.63, 3.8) is 0 Å². The van der Waals surface area contributed by atoms with Crippen LogP contribution in [0.5, 0.6) is 0 Å². The van der Waals surface area contributed by atoms with E-state index in [-0.39, 0.29) is 6.10 Å². The van der Waals surface area contributed by atoms with Gasteiger partial charge in [-0.05, 0) is 21.8 Å². The maximum Gasteiger partial charge on any atom is 0.160 e. The van der Waals surface area contributed by atoms with Crippen LogP contribution < -0.4 is 0 Å². The lowest BCUT2D eigenvalue weighted by Gasteiger charge is -2.22. The Bertz CT molecular complexity index is 411. The lowest BCUT2D eigenvalue weighted by molar-refractivity contribution is 0.0692. The molecule has 0 saturated carbocycles. The van der Waals surface area contributed by atoms with Crippen molar-refractivity contribution < 1.29 is 4.74 Å². The first kappa shape index (κ1) is 13.6. The van der Waals surface area contributed by atoms with Gasteiger partial charge in [-0.3, -0.25) is 0 Å². The summed E-state index contributed by atoms with van der Waals surface area (Å²) in [6.07, 6.45) is -0.0307. The minimum Gasteiger partial charge on any atom is -0.368 e. The molecule has 1 atom stereocenters. The average molecular weight is 338 g/mol. The van der Waals surface area contributed by atoms with Crippen LogP contribution in [-0.2, 0) is 4.74 Å². The van der Waals surface area contributed by atoms with Crippen molar-refractivity contribution in [1.29, 1.82) is 0 Å². The van der Waals surface area contributed by atoms with Crippen LogP contribution in [0, 0.1) is 0 Å². The summed E-state index contributed by atoms with van der Waals surface area (Å²) in [5.74, 6) is 2.95. The van der Waals surface area contributed by atoms with Crippen LogP contribution in [0.25, 0.3) is 0 Å². The third-order valence-electron chi connectivity index (χ3n) is 2.50. The van der Waals surface area contributed by atoms with E-state index in [4.69, 9.17) is 16.3 Å². The van der Waals surface area contributed by atoms with Crippen LogP contribution in [0.3, 0.4) is 0 Å². The number of nitrogens with zero attached hydrogens (tertiary/aromatic N) is 2. The van der Waals surface area contributed by atoms with Crippen LogP contribution in [0.1, 0.15) is 37.4 Å². The third-order valence-corrected chi connectivity index (χ3v) is 4.78. The van der Waals surface area contributed by atoms with Gasteiger partial charge in [0.1, 0.15) is 11.3 Å². The van der Waals surface area contributed by atoms with E-state index < -0.39 is 0 Å². The topological polar surface area (TPSA) is 35.0 Å². The lowest BCUT2D eigenvalue weighted by atomic mass is 10.1. The van der Waals surface area contributed by atoms with E-state index in [0.29, 0.717) is 16.9 Å². The summed E-state index contributed by atoms with van der Waals surface area (Å²) in [6, 6.07) is 0. The molecule has 1 saturated heterocycles. The Hall–Kier alpha value is 0.160. The highest BCUT2D eigenvalue weighted by Gasteiger charge is 2.22. The molecular weight excluding hydrogens is 324 g/mol. The molecule has 94 valence electrons. The van der Waals surface area contributed by atoms with Crippen molar-refractivity contribution in [2.24, 2.45) is 0 Å². The van der Waals surface area contributed by atoms with Crippen LogP contribution in [0.2, 0.25) is 5.15 Å². The van der Waals surface area contributed by atoms with E-state index in [1.165, 1.54) is 0 Å². The molecule has 3 nitrogen and oxygen atoms in total. The zero-order chi connectivity index (χ0) is 12.4. The van der Waals surface area contributed by atoms with Crippen molar-refractivity contribution in [3.05, 3.63) is 21.1 Å². The molecule has 1 fully saturated rings. The lowest BCUT2D eigenvalue weighted by Crippen LogP contribution is -2.19. The average Bonchev–Trinajstić information content (AvgIpc) is 2.33. The Morgan fingerprint density at radius 1 is 1.47 bits per heavy atom. The molecule has 1 unspecified atom stereocenters. The Kier molecular flexibility index (Phi) is 4.69. The number of hydrogen-bond acceptors (Lipinski definition) is 4. The van der Waals surface area contributed by atoms with Crippen LogP contribution in [0.15, 0.2) is 4.47 Å². The van der Waals surface area contributed by atoms with E-state index in [0.717, 1.165) is 28.3 Å². The minimum absolute atomic E-state index is 0.0307. The smallest absolute Gasteiger partial charge is 0.160 e. The third kappa shape index (κ3) is 3.13. The molecule has 1 aromatic heterocycles. The maximum absolute atomic E-state index is 6.12.